The third-order valence-corrected chi connectivity index (χ3v) is 14.8. The van der Waals surface area contributed by atoms with Gasteiger partial charge in [0.15, 0.2) is 0 Å². The lowest BCUT2D eigenvalue weighted by Crippen LogP contribution is -2.67. The first-order chi connectivity index (χ1) is 24.1. The summed E-state index contributed by atoms with van der Waals surface area (Å²) in [5, 5.41) is 13.1. The zero-order chi connectivity index (χ0) is 35.0. The molecule has 2 aromatic heterocycles. The third-order valence-electron chi connectivity index (χ3n) is 9.77. The summed E-state index contributed by atoms with van der Waals surface area (Å²) in [5.74, 6) is 0.794. The highest BCUT2D eigenvalue weighted by Crippen LogP contribution is 2.41. The SMILES string of the molecule is COc1ccc2cc(-c3cnnn3[C@H]3C[C@H](n4cc(C)c(=O)[nH]c4=O)O[C@@H]3CO[Si](c3ccccc3)(c3ccccc3)C(C)(C)C)ccc2c1. The normalized spacial score (nSPS) is 18.1. The lowest BCUT2D eigenvalue weighted by atomic mass is 10.0. The van der Waals surface area contributed by atoms with E-state index in [2.05, 4.69) is 96.7 Å². The fraction of sp³-hybridized carbons (Fsp3) is 0.282. The third kappa shape index (κ3) is 6.01. The summed E-state index contributed by atoms with van der Waals surface area (Å²) in [6, 6.07) is 32.8. The molecule has 1 aliphatic heterocycles. The van der Waals surface area contributed by atoms with E-state index in [-0.39, 0.29) is 17.7 Å². The molecule has 10 nitrogen and oxygen atoms in total. The van der Waals surface area contributed by atoms with Crippen molar-refractivity contribution >= 4 is 29.5 Å². The summed E-state index contributed by atoms with van der Waals surface area (Å²) in [7, 11) is -1.27. The van der Waals surface area contributed by atoms with Crippen LogP contribution >= 0.6 is 0 Å². The van der Waals surface area contributed by atoms with Crippen molar-refractivity contribution in [1.29, 1.82) is 0 Å². The minimum absolute atomic E-state index is 0.238. The van der Waals surface area contributed by atoms with Gasteiger partial charge in [0.25, 0.3) is 13.9 Å². The minimum Gasteiger partial charge on any atom is -0.497 e. The highest BCUT2D eigenvalue weighted by molar-refractivity contribution is 6.99. The first-order valence-electron chi connectivity index (χ1n) is 16.8. The van der Waals surface area contributed by atoms with Crippen LogP contribution in [0.4, 0.5) is 0 Å². The second-order valence-corrected chi connectivity index (χ2v) is 18.2. The molecular formula is C39H41N5O5Si. The van der Waals surface area contributed by atoms with Crippen molar-refractivity contribution in [1.82, 2.24) is 24.5 Å². The number of hydrogen-bond donors (Lipinski definition) is 1. The second kappa shape index (κ2) is 13.3. The molecule has 1 saturated heterocycles. The summed E-state index contributed by atoms with van der Waals surface area (Å²) in [4.78, 5) is 27.8. The highest BCUT2D eigenvalue weighted by atomic mass is 28.4. The molecule has 0 bridgehead atoms. The Kier molecular flexibility index (Phi) is 8.89. The quantitative estimate of drug-likeness (QED) is 0.204. The van der Waals surface area contributed by atoms with Crippen LogP contribution in [-0.2, 0) is 9.16 Å². The Bertz CT molecular complexity index is 2200. The molecule has 11 heteroatoms. The molecule has 0 saturated carbocycles. The number of ether oxygens (including phenoxy) is 2. The van der Waals surface area contributed by atoms with Gasteiger partial charge >= 0.3 is 5.69 Å². The van der Waals surface area contributed by atoms with Crippen molar-refractivity contribution in [2.24, 2.45) is 0 Å². The monoisotopic (exact) mass is 687 g/mol. The van der Waals surface area contributed by atoms with Crippen molar-refractivity contribution in [2.75, 3.05) is 13.7 Å². The van der Waals surface area contributed by atoms with E-state index in [4.69, 9.17) is 13.9 Å². The van der Waals surface area contributed by atoms with E-state index in [0.29, 0.717) is 12.0 Å². The first-order valence-corrected chi connectivity index (χ1v) is 18.7. The van der Waals surface area contributed by atoms with Gasteiger partial charge in [0, 0.05) is 23.7 Å². The molecule has 0 aliphatic carbocycles. The largest absolute Gasteiger partial charge is 0.497 e. The molecule has 50 heavy (non-hydrogen) atoms. The van der Waals surface area contributed by atoms with Gasteiger partial charge in [-0.05, 0) is 51.3 Å². The van der Waals surface area contributed by atoms with Gasteiger partial charge in [0.1, 0.15) is 18.1 Å². The molecule has 0 amide bonds. The smallest absolute Gasteiger partial charge is 0.330 e. The van der Waals surface area contributed by atoms with Crippen LogP contribution < -0.4 is 26.4 Å². The number of rotatable bonds is 9. The Hall–Kier alpha value is -5.10. The number of H-pyrrole nitrogens is 1. The molecule has 0 spiro atoms. The second-order valence-electron chi connectivity index (χ2n) is 13.9. The Morgan fingerprint density at radius 1 is 0.920 bits per heavy atom. The number of fused-ring (bicyclic) bond motifs is 1. The van der Waals surface area contributed by atoms with E-state index in [1.807, 2.05) is 41.1 Å². The fourth-order valence-electron chi connectivity index (χ4n) is 7.27. The average Bonchev–Trinajstić information content (AvgIpc) is 3.77. The fourth-order valence-corrected chi connectivity index (χ4v) is 11.8. The summed E-state index contributed by atoms with van der Waals surface area (Å²) in [6.45, 7) is 8.63. The number of benzene rings is 4. The van der Waals surface area contributed by atoms with Gasteiger partial charge in [-0.25, -0.2) is 9.48 Å². The molecule has 4 aromatic carbocycles. The maximum atomic E-state index is 13.1. The molecule has 0 unspecified atom stereocenters. The summed E-state index contributed by atoms with van der Waals surface area (Å²) < 4.78 is 22.9. The zero-order valence-electron chi connectivity index (χ0n) is 28.9. The maximum Gasteiger partial charge on any atom is 0.330 e. The Balaban J connectivity index is 1.31. The van der Waals surface area contributed by atoms with Gasteiger partial charge in [0.2, 0.25) is 0 Å². The van der Waals surface area contributed by atoms with Crippen LogP contribution in [0.5, 0.6) is 5.75 Å². The van der Waals surface area contributed by atoms with E-state index in [9.17, 15) is 9.59 Å². The van der Waals surface area contributed by atoms with Crippen molar-refractivity contribution in [3.63, 3.8) is 0 Å². The maximum absolute atomic E-state index is 13.1. The molecule has 3 atom stereocenters. The first kappa shape index (κ1) is 33.4. The standard InChI is InChI=1S/C39H41N5O5Si/c1-26-24-43(38(46)41-37(26)45)36-22-33(44-34(23-40-42-44)29-17-16-28-21-30(47-5)19-18-27(28)20-29)35(49-36)25-48-50(39(2,3)4,31-12-8-6-9-13-31)32-14-10-7-11-15-32/h6-21,23-24,33,35-36H,22,25H2,1-5H3,(H,41,45,46)/t33-,35+,36+/m0/s1. The number of nitrogens with zero attached hydrogens (tertiary/aromatic N) is 4. The topological polar surface area (TPSA) is 113 Å². The van der Waals surface area contributed by atoms with Crippen molar-refractivity contribution in [2.45, 2.75) is 57.5 Å². The molecule has 1 fully saturated rings. The number of aromatic amines is 1. The Morgan fingerprint density at radius 2 is 1.58 bits per heavy atom. The van der Waals surface area contributed by atoms with Gasteiger partial charge in [0.05, 0.1) is 31.6 Å². The van der Waals surface area contributed by atoms with Crippen LogP contribution in [0, 0.1) is 6.92 Å². The van der Waals surface area contributed by atoms with Crippen LogP contribution in [0.3, 0.4) is 0 Å². The minimum atomic E-state index is -2.93. The number of aromatic nitrogens is 5. The van der Waals surface area contributed by atoms with E-state index in [1.54, 1.807) is 26.4 Å². The van der Waals surface area contributed by atoms with Crippen LogP contribution in [0.1, 0.15) is 45.0 Å². The van der Waals surface area contributed by atoms with Crippen molar-refractivity contribution in [3.05, 3.63) is 136 Å². The predicted molar refractivity (Wildman–Crippen MR) is 197 cm³/mol. The average molecular weight is 688 g/mol. The molecular weight excluding hydrogens is 647 g/mol. The summed E-state index contributed by atoms with van der Waals surface area (Å²) >= 11 is 0. The lowest BCUT2D eigenvalue weighted by Gasteiger charge is -2.43. The van der Waals surface area contributed by atoms with Gasteiger partial charge in [-0.1, -0.05) is 105 Å². The van der Waals surface area contributed by atoms with Gasteiger partial charge in [-0.15, -0.1) is 5.10 Å². The number of hydrogen-bond acceptors (Lipinski definition) is 7. The predicted octanol–water partition coefficient (Wildman–Crippen LogP) is 5.37. The molecule has 0 radical (unpaired) electrons. The Labute approximate surface area is 291 Å². The van der Waals surface area contributed by atoms with Crippen LogP contribution in [0.15, 0.2) is 119 Å². The molecule has 6 aromatic rings. The summed E-state index contributed by atoms with van der Waals surface area (Å²) in [5.41, 5.74) is 1.24. The van der Waals surface area contributed by atoms with Crippen LogP contribution in [0.25, 0.3) is 22.0 Å². The molecule has 1 N–H and O–H groups in total. The van der Waals surface area contributed by atoms with Crippen molar-refractivity contribution in [3.8, 4) is 17.0 Å². The highest BCUT2D eigenvalue weighted by Gasteiger charge is 2.51. The molecule has 256 valence electrons. The van der Waals surface area contributed by atoms with E-state index in [0.717, 1.165) is 38.2 Å². The van der Waals surface area contributed by atoms with Gasteiger partial charge in [-0.2, -0.15) is 0 Å². The van der Waals surface area contributed by atoms with Gasteiger partial charge < -0.3 is 13.9 Å². The van der Waals surface area contributed by atoms with E-state index in [1.165, 1.54) is 4.57 Å². The van der Waals surface area contributed by atoms with E-state index >= 15 is 0 Å². The zero-order valence-corrected chi connectivity index (χ0v) is 29.9. The number of aryl methyl sites for hydroxylation is 1. The van der Waals surface area contributed by atoms with Crippen LogP contribution in [-0.4, -0.2) is 52.7 Å². The summed E-state index contributed by atoms with van der Waals surface area (Å²) in [6.07, 6.45) is 2.55. The van der Waals surface area contributed by atoms with Gasteiger partial charge in [-0.3, -0.25) is 14.3 Å². The number of nitrogens with one attached hydrogen (secondary N) is 1. The Morgan fingerprint density at radius 3 is 2.24 bits per heavy atom. The molecule has 3 heterocycles. The van der Waals surface area contributed by atoms with E-state index < -0.39 is 31.9 Å². The van der Waals surface area contributed by atoms with Crippen LogP contribution in [0.2, 0.25) is 5.04 Å². The number of methoxy groups -OCH3 is 1. The lowest BCUT2D eigenvalue weighted by molar-refractivity contribution is -0.0290. The van der Waals surface area contributed by atoms with Crippen molar-refractivity contribution < 1.29 is 13.9 Å². The molecule has 7 rings (SSSR count). The molecule has 1 aliphatic rings.